The predicted molar refractivity (Wildman–Crippen MR) is 125 cm³/mol. The highest BCUT2D eigenvalue weighted by Gasteiger charge is 2.17. The number of thioether (sulfide) groups is 1. The normalized spacial score (nSPS) is 10.7. The van der Waals surface area contributed by atoms with E-state index < -0.39 is 0 Å². The van der Waals surface area contributed by atoms with Crippen LogP contribution in [0.3, 0.4) is 0 Å². The smallest absolute Gasteiger partial charge is 0.316 e. The molecular weight excluding hydrogens is 422 g/mol. The number of carbonyl (C=O) groups excluding carboxylic acids is 1. The van der Waals surface area contributed by atoms with Gasteiger partial charge in [0.2, 0.25) is 0 Å². The summed E-state index contributed by atoms with van der Waals surface area (Å²) in [6, 6.07) is 27.4. The minimum atomic E-state index is -0.327. The third-order valence-electron chi connectivity index (χ3n) is 4.70. The topological polar surface area (TPSA) is 66.2 Å². The van der Waals surface area contributed by atoms with Crippen LogP contribution >= 0.6 is 11.8 Å². The van der Waals surface area contributed by atoms with Gasteiger partial charge in [0.25, 0.3) is 0 Å². The fraction of sp³-hybridized carbons (Fsp3) is 0.160. The maximum atomic E-state index is 12.3. The second-order valence-electron chi connectivity index (χ2n) is 6.97. The van der Waals surface area contributed by atoms with E-state index in [1.807, 2.05) is 96.4 Å². The molecule has 0 radical (unpaired) electrons. The molecule has 0 fully saturated rings. The van der Waals surface area contributed by atoms with Gasteiger partial charge in [-0.2, -0.15) is 0 Å². The van der Waals surface area contributed by atoms with Crippen molar-refractivity contribution in [2.75, 3.05) is 19.0 Å². The Balaban J connectivity index is 1.38. The van der Waals surface area contributed by atoms with E-state index in [0.717, 1.165) is 28.4 Å². The highest BCUT2D eigenvalue weighted by Crippen LogP contribution is 2.27. The second kappa shape index (κ2) is 10.6. The highest BCUT2D eigenvalue weighted by atomic mass is 32.2. The van der Waals surface area contributed by atoms with E-state index in [1.165, 1.54) is 11.8 Å². The monoisotopic (exact) mass is 445 g/mol. The van der Waals surface area contributed by atoms with Gasteiger partial charge in [0, 0.05) is 11.3 Å². The molecule has 0 aliphatic carbocycles. The molecule has 0 atom stereocenters. The van der Waals surface area contributed by atoms with Crippen LogP contribution in [0, 0.1) is 6.92 Å². The molecule has 32 heavy (non-hydrogen) atoms. The summed E-state index contributed by atoms with van der Waals surface area (Å²) in [5.41, 5.74) is 2.93. The molecule has 3 aromatic carbocycles. The Bertz CT molecular complexity index is 1160. The van der Waals surface area contributed by atoms with E-state index in [4.69, 9.17) is 9.47 Å². The van der Waals surface area contributed by atoms with Crippen LogP contribution in [0.4, 0.5) is 0 Å². The zero-order valence-corrected chi connectivity index (χ0v) is 18.5. The number of nitrogens with zero attached hydrogens (tertiary/aromatic N) is 3. The number of hydrogen-bond donors (Lipinski definition) is 0. The van der Waals surface area contributed by atoms with Crippen LogP contribution < -0.4 is 4.74 Å². The van der Waals surface area contributed by atoms with Crippen LogP contribution in [-0.4, -0.2) is 39.7 Å². The van der Waals surface area contributed by atoms with Crippen molar-refractivity contribution in [1.82, 2.24) is 14.8 Å². The SMILES string of the molecule is Cc1ccccc1OCCOC(=O)CSc1nnc(-c2ccccc2)n1-c1ccccc1. The van der Waals surface area contributed by atoms with Crippen molar-refractivity contribution >= 4 is 17.7 Å². The van der Waals surface area contributed by atoms with Gasteiger partial charge in [0.05, 0.1) is 5.75 Å². The molecule has 0 amide bonds. The fourth-order valence-electron chi connectivity index (χ4n) is 3.14. The number of esters is 1. The van der Waals surface area contributed by atoms with Gasteiger partial charge in [-0.05, 0) is 30.7 Å². The van der Waals surface area contributed by atoms with Crippen molar-refractivity contribution < 1.29 is 14.3 Å². The number of rotatable bonds is 9. The fourth-order valence-corrected chi connectivity index (χ4v) is 3.89. The molecule has 4 rings (SSSR count). The van der Waals surface area contributed by atoms with Gasteiger partial charge < -0.3 is 9.47 Å². The number of ether oxygens (including phenoxy) is 2. The van der Waals surface area contributed by atoms with Crippen LogP contribution in [0.5, 0.6) is 5.75 Å². The summed E-state index contributed by atoms with van der Waals surface area (Å²) < 4.78 is 12.9. The van der Waals surface area contributed by atoms with E-state index >= 15 is 0 Å². The molecule has 0 spiro atoms. The lowest BCUT2D eigenvalue weighted by molar-refractivity contribution is -0.141. The van der Waals surface area contributed by atoms with Crippen molar-refractivity contribution in [3.63, 3.8) is 0 Å². The molecule has 0 unspecified atom stereocenters. The average Bonchev–Trinajstić information content (AvgIpc) is 3.27. The lowest BCUT2D eigenvalue weighted by atomic mass is 10.2. The lowest BCUT2D eigenvalue weighted by Gasteiger charge is -2.11. The molecule has 0 saturated heterocycles. The standard InChI is InChI=1S/C25H23N3O3S/c1-19-10-8-9-15-22(19)30-16-17-31-23(29)18-32-25-27-26-24(20-11-4-2-5-12-20)28(25)21-13-6-3-7-14-21/h2-15H,16-18H2,1H3. The van der Waals surface area contributed by atoms with Gasteiger partial charge in [-0.15, -0.1) is 10.2 Å². The van der Waals surface area contributed by atoms with Crippen LogP contribution in [-0.2, 0) is 9.53 Å². The van der Waals surface area contributed by atoms with Crippen LogP contribution in [0.1, 0.15) is 5.56 Å². The Labute approximate surface area is 191 Å². The molecule has 0 bridgehead atoms. The van der Waals surface area contributed by atoms with Gasteiger partial charge in [-0.3, -0.25) is 9.36 Å². The predicted octanol–water partition coefficient (Wildman–Crippen LogP) is 4.96. The zero-order valence-electron chi connectivity index (χ0n) is 17.7. The maximum absolute atomic E-state index is 12.3. The van der Waals surface area contributed by atoms with E-state index in [0.29, 0.717) is 11.8 Å². The number of aromatic nitrogens is 3. The number of carbonyl (C=O) groups is 1. The number of aryl methyl sites for hydroxylation is 1. The van der Waals surface area contributed by atoms with E-state index in [1.54, 1.807) is 0 Å². The van der Waals surface area contributed by atoms with Crippen LogP contribution in [0.25, 0.3) is 17.1 Å². The first-order chi connectivity index (χ1) is 15.7. The summed E-state index contributed by atoms with van der Waals surface area (Å²) in [5.74, 6) is 1.32. The first-order valence-electron chi connectivity index (χ1n) is 10.3. The Kier molecular flexibility index (Phi) is 7.19. The van der Waals surface area contributed by atoms with Gasteiger partial charge in [0.1, 0.15) is 19.0 Å². The molecule has 0 aliphatic rings. The van der Waals surface area contributed by atoms with E-state index in [2.05, 4.69) is 10.2 Å². The summed E-state index contributed by atoms with van der Waals surface area (Å²) in [7, 11) is 0. The quantitative estimate of drug-likeness (QED) is 0.206. The summed E-state index contributed by atoms with van der Waals surface area (Å²) in [6.07, 6.45) is 0. The van der Waals surface area contributed by atoms with E-state index in [9.17, 15) is 4.79 Å². The molecule has 7 heteroatoms. The zero-order chi connectivity index (χ0) is 22.2. The summed E-state index contributed by atoms with van der Waals surface area (Å²) >= 11 is 1.30. The lowest BCUT2D eigenvalue weighted by Crippen LogP contribution is -2.14. The largest absolute Gasteiger partial charge is 0.490 e. The van der Waals surface area contributed by atoms with Gasteiger partial charge in [-0.25, -0.2) is 0 Å². The Morgan fingerprint density at radius 1 is 0.875 bits per heavy atom. The van der Waals surface area contributed by atoms with Crippen molar-refractivity contribution in [2.24, 2.45) is 0 Å². The minimum Gasteiger partial charge on any atom is -0.490 e. The Morgan fingerprint density at radius 2 is 1.56 bits per heavy atom. The second-order valence-corrected chi connectivity index (χ2v) is 7.91. The first-order valence-corrected chi connectivity index (χ1v) is 11.2. The van der Waals surface area contributed by atoms with Crippen LogP contribution in [0.2, 0.25) is 0 Å². The summed E-state index contributed by atoms with van der Waals surface area (Å²) in [4.78, 5) is 12.3. The highest BCUT2D eigenvalue weighted by molar-refractivity contribution is 7.99. The Morgan fingerprint density at radius 3 is 2.31 bits per heavy atom. The van der Waals surface area contributed by atoms with Gasteiger partial charge in [0.15, 0.2) is 11.0 Å². The van der Waals surface area contributed by atoms with Crippen molar-refractivity contribution in [3.8, 4) is 22.8 Å². The molecule has 1 aromatic heterocycles. The average molecular weight is 446 g/mol. The van der Waals surface area contributed by atoms with Crippen molar-refractivity contribution in [1.29, 1.82) is 0 Å². The molecular formula is C25H23N3O3S. The number of benzene rings is 3. The molecule has 0 N–H and O–H groups in total. The maximum Gasteiger partial charge on any atom is 0.316 e. The summed E-state index contributed by atoms with van der Waals surface area (Å²) in [5, 5.41) is 9.34. The third-order valence-corrected chi connectivity index (χ3v) is 5.60. The molecule has 0 aliphatic heterocycles. The molecule has 162 valence electrons. The summed E-state index contributed by atoms with van der Waals surface area (Å²) in [6.45, 7) is 2.47. The molecule has 6 nitrogen and oxygen atoms in total. The molecule has 0 saturated carbocycles. The number of hydrogen-bond acceptors (Lipinski definition) is 6. The molecule has 1 heterocycles. The van der Waals surface area contributed by atoms with Crippen LogP contribution in [0.15, 0.2) is 90.1 Å². The first kappa shape index (κ1) is 21.6. The molecule has 4 aromatic rings. The van der Waals surface area contributed by atoms with Crippen molar-refractivity contribution in [2.45, 2.75) is 12.1 Å². The van der Waals surface area contributed by atoms with Gasteiger partial charge >= 0.3 is 5.97 Å². The van der Waals surface area contributed by atoms with Crippen molar-refractivity contribution in [3.05, 3.63) is 90.5 Å². The minimum absolute atomic E-state index is 0.129. The Hall–Kier alpha value is -3.58. The van der Waals surface area contributed by atoms with E-state index in [-0.39, 0.29) is 18.3 Å². The van der Waals surface area contributed by atoms with Gasteiger partial charge in [-0.1, -0.05) is 78.5 Å². The third kappa shape index (κ3) is 5.36. The number of para-hydroxylation sites is 2.